The predicted octanol–water partition coefficient (Wildman–Crippen LogP) is 1.15. The molecule has 5 N–H and O–H groups in total. The van der Waals surface area contributed by atoms with Gasteiger partial charge in [-0.1, -0.05) is 6.92 Å². The first-order valence-corrected chi connectivity index (χ1v) is 8.49. The molecule has 1 heterocycles. The zero-order valence-corrected chi connectivity index (χ0v) is 15.7. The predicted molar refractivity (Wildman–Crippen MR) is 102 cm³/mol. The average molecular weight is 375 g/mol. The first kappa shape index (κ1) is 20.1. The number of carbonyl (C=O) groups excluding carboxylic acids is 1. The van der Waals surface area contributed by atoms with Crippen LogP contribution in [0.3, 0.4) is 0 Å². The number of aromatic nitrogens is 2. The van der Waals surface area contributed by atoms with Gasteiger partial charge in [-0.2, -0.15) is 4.98 Å². The minimum absolute atomic E-state index is 0.0313. The fraction of sp³-hybridized carbons (Fsp3) is 0.389. The van der Waals surface area contributed by atoms with Crippen molar-refractivity contribution in [2.45, 2.75) is 19.8 Å². The summed E-state index contributed by atoms with van der Waals surface area (Å²) in [6.07, 6.45) is 2.50. The maximum atomic E-state index is 11.3. The monoisotopic (exact) mass is 375 g/mol. The number of hydrogen-bond donors (Lipinski definition) is 3. The van der Waals surface area contributed by atoms with Crippen molar-refractivity contribution < 1.29 is 19.0 Å². The van der Waals surface area contributed by atoms with E-state index in [9.17, 15) is 4.79 Å². The quantitative estimate of drug-likeness (QED) is 0.556. The molecule has 27 heavy (non-hydrogen) atoms. The van der Waals surface area contributed by atoms with Crippen LogP contribution in [0.2, 0.25) is 0 Å². The van der Waals surface area contributed by atoms with Crippen molar-refractivity contribution in [1.82, 2.24) is 15.3 Å². The molecule has 0 aliphatic heterocycles. The summed E-state index contributed by atoms with van der Waals surface area (Å²) in [6.45, 7) is 2.47. The number of rotatable bonds is 9. The lowest BCUT2D eigenvalue weighted by atomic mass is 10.1. The van der Waals surface area contributed by atoms with E-state index in [2.05, 4.69) is 15.3 Å². The highest BCUT2D eigenvalue weighted by atomic mass is 16.5. The molecule has 0 atom stereocenters. The van der Waals surface area contributed by atoms with E-state index in [1.54, 1.807) is 27.3 Å². The normalized spacial score (nSPS) is 10.3. The number of nitrogens with zero attached hydrogens (tertiary/aromatic N) is 2. The lowest BCUT2D eigenvalue weighted by Crippen LogP contribution is -2.27. The van der Waals surface area contributed by atoms with E-state index in [4.69, 9.17) is 25.7 Å². The van der Waals surface area contributed by atoms with Gasteiger partial charge in [-0.25, -0.2) is 4.98 Å². The molecule has 0 fully saturated rings. The van der Waals surface area contributed by atoms with Gasteiger partial charge in [0.25, 0.3) is 0 Å². The van der Waals surface area contributed by atoms with Crippen molar-refractivity contribution >= 4 is 17.7 Å². The Balaban J connectivity index is 2.18. The number of ether oxygens (including phenoxy) is 3. The number of amides is 1. The van der Waals surface area contributed by atoms with Crippen molar-refractivity contribution in [3.63, 3.8) is 0 Å². The number of methoxy groups -OCH3 is 2. The molecule has 0 radical (unpaired) electrons. The second kappa shape index (κ2) is 9.46. The first-order chi connectivity index (χ1) is 13.0. The Kier molecular flexibility index (Phi) is 7.04. The summed E-state index contributed by atoms with van der Waals surface area (Å²) in [5, 5.41) is 2.75. The molecule has 0 aliphatic carbocycles. The number of nitrogens with one attached hydrogen (secondary N) is 1. The van der Waals surface area contributed by atoms with Crippen molar-refractivity contribution in [2.24, 2.45) is 0 Å². The van der Waals surface area contributed by atoms with E-state index >= 15 is 0 Å². The molecule has 1 aromatic carbocycles. The van der Waals surface area contributed by atoms with Gasteiger partial charge < -0.3 is 31.0 Å². The molecule has 2 rings (SSSR count). The van der Waals surface area contributed by atoms with Gasteiger partial charge in [0.15, 0.2) is 11.5 Å². The van der Waals surface area contributed by atoms with Gasteiger partial charge >= 0.3 is 0 Å². The molecule has 0 aliphatic rings. The third-order valence-corrected chi connectivity index (χ3v) is 3.82. The van der Waals surface area contributed by atoms with Crippen LogP contribution in [0.5, 0.6) is 17.2 Å². The van der Waals surface area contributed by atoms with E-state index in [0.29, 0.717) is 42.5 Å². The zero-order chi connectivity index (χ0) is 19.8. The third kappa shape index (κ3) is 5.37. The first-order valence-electron chi connectivity index (χ1n) is 8.49. The summed E-state index contributed by atoms with van der Waals surface area (Å²) in [5.41, 5.74) is 13.1. The van der Waals surface area contributed by atoms with Crippen molar-refractivity contribution in [1.29, 1.82) is 0 Å². The Morgan fingerprint density at radius 1 is 1.19 bits per heavy atom. The van der Waals surface area contributed by atoms with E-state index in [0.717, 1.165) is 11.1 Å². The molecule has 1 aromatic heterocycles. The standard InChI is InChI=1S/C18H25N5O4/c1-4-15(24)21-5-6-27-16-13(25-2)8-11(9-14(16)26-3)7-12-10-22-18(20)23-17(12)19/h8-10H,4-7H2,1-3H3,(H,21,24)(H4,19,20,22,23). The SMILES string of the molecule is CCC(=O)NCCOc1c(OC)cc(Cc2cnc(N)nc2N)cc1OC. The van der Waals surface area contributed by atoms with E-state index in [-0.39, 0.29) is 18.5 Å². The smallest absolute Gasteiger partial charge is 0.221 e. The highest BCUT2D eigenvalue weighted by Crippen LogP contribution is 2.39. The van der Waals surface area contributed by atoms with E-state index in [1.165, 1.54) is 0 Å². The van der Waals surface area contributed by atoms with Crippen LogP contribution in [0.1, 0.15) is 24.5 Å². The van der Waals surface area contributed by atoms with E-state index < -0.39 is 0 Å². The third-order valence-electron chi connectivity index (χ3n) is 3.82. The molecule has 0 saturated carbocycles. The molecule has 146 valence electrons. The Labute approximate surface area is 158 Å². The van der Waals surface area contributed by atoms with Gasteiger partial charge in [0.1, 0.15) is 12.4 Å². The molecule has 1 amide bonds. The summed E-state index contributed by atoms with van der Waals surface area (Å²) in [7, 11) is 3.09. The minimum Gasteiger partial charge on any atom is -0.493 e. The summed E-state index contributed by atoms with van der Waals surface area (Å²) < 4.78 is 16.6. The summed E-state index contributed by atoms with van der Waals surface area (Å²) in [5.74, 6) is 1.92. The average Bonchev–Trinajstić information content (AvgIpc) is 2.67. The van der Waals surface area contributed by atoms with Crippen LogP contribution in [0.4, 0.5) is 11.8 Å². The summed E-state index contributed by atoms with van der Waals surface area (Å²) in [4.78, 5) is 19.2. The van der Waals surface area contributed by atoms with Gasteiger partial charge in [0, 0.05) is 24.6 Å². The summed E-state index contributed by atoms with van der Waals surface area (Å²) >= 11 is 0. The van der Waals surface area contributed by atoms with Crippen LogP contribution in [-0.2, 0) is 11.2 Å². The van der Waals surface area contributed by atoms with Gasteiger partial charge in [-0.3, -0.25) is 4.79 Å². The molecule has 0 spiro atoms. The van der Waals surface area contributed by atoms with Crippen LogP contribution < -0.4 is 31.0 Å². The number of nitrogens with two attached hydrogens (primary N) is 2. The number of hydrogen-bond acceptors (Lipinski definition) is 8. The van der Waals surface area contributed by atoms with Crippen LogP contribution in [0, 0.1) is 0 Å². The second-order valence-corrected chi connectivity index (χ2v) is 5.70. The van der Waals surface area contributed by atoms with Gasteiger partial charge in [0.2, 0.25) is 17.6 Å². The molecular weight excluding hydrogens is 350 g/mol. The Morgan fingerprint density at radius 3 is 2.41 bits per heavy atom. The number of anilines is 2. The molecule has 2 aromatic rings. The van der Waals surface area contributed by atoms with Crippen LogP contribution in [-0.4, -0.2) is 43.2 Å². The second-order valence-electron chi connectivity index (χ2n) is 5.70. The fourth-order valence-electron chi connectivity index (χ4n) is 2.44. The maximum absolute atomic E-state index is 11.3. The molecule has 0 unspecified atom stereocenters. The van der Waals surface area contributed by atoms with Crippen LogP contribution >= 0.6 is 0 Å². The fourth-order valence-corrected chi connectivity index (χ4v) is 2.44. The lowest BCUT2D eigenvalue weighted by molar-refractivity contribution is -0.120. The highest BCUT2D eigenvalue weighted by Gasteiger charge is 2.15. The van der Waals surface area contributed by atoms with Crippen molar-refractivity contribution in [3.8, 4) is 17.2 Å². The lowest BCUT2D eigenvalue weighted by Gasteiger charge is -2.16. The zero-order valence-electron chi connectivity index (χ0n) is 15.7. The Hall–Kier alpha value is -3.23. The van der Waals surface area contributed by atoms with Crippen LogP contribution in [0.15, 0.2) is 18.3 Å². The Bertz CT molecular complexity index is 772. The van der Waals surface area contributed by atoms with E-state index in [1.807, 2.05) is 12.1 Å². The van der Waals surface area contributed by atoms with Crippen molar-refractivity contribution in [3.05, 3.63) is 29.5 Å². The van der Waals surface area contributed by atoms with Crippen LogP contribution in [0.25, 0.3) is 0 Å². The largest absolute Gasteiger partial charge is 0.493 e. The molecule has 9 nitrogen and oxygen atoms in total. The minimum atomic E-state index is -0.0313. The van der Waals surface area contributed by atoms with Gasteiger partial charge in [0.05, 0.1) is 20.8 Å². The maximum Gasteiger partial charge on any atom is 0.221 e. The number of carbonyl (C=O) groups is 1. The highest BCUT2D eigenvalue weighted by molar-refractivity contribution is 5.75. The molecule has 9 heteroatoms. The Morgan fingerprint density at radius 2 is 1.85 bits per heavy atom. The topological polar surface area (TPSA) is 135 Å². The van der Waals surface area contributed by atoms with Crippen molar-refractivity contribution in [2.75, 3.05) is 38.8 Å². The summed E-state index contributed by atoms with van der Waals surface area (Å²) in [6, 6.07) is 3.66. The molecule has 0 saturated heterocycles. The molecule has 0 bridgehead atoms. The number of benzene rings is 1. The van der Waals surface area contributed by atoms with Gasteiger partial charge in [-0.05, 0) is 17.7 Å². The molecular formula is C18H25N5O4. The van der Waals surface area contributed by atoms with Gasteiger partial charge in [-0.15, -0.1) is 0 Å². The number of nitrogen functional groups attached to an aromatic ring is 2.